The van der Waals surface area contributed by atoms with Crippen molar-refractivity contribution in [2.75, 3.05) is 52.4 Å². The van der Waals surface area contributed by atoms with E-state index in [1.165, 1.54) is 0 Å². The summed E-state index contributed by atoms with van der Waals surface area (Å²) in [4.78, 5) is 28.4. The van der Waals surface area contributed by atoms with Crippen LogP contribution < -0.4 is 10.6 Å². The molecule has 120 valence electrons. The van der Waals surface area contributed by atoms with E-state index in [0.717, 1.165) is 52.1 Å². The van der Waals surface area contributed by atoms with E-state index in [9.17, 15) is 9.59 Å². The number of carbonyl (C=O) groups excluding carboxylic acids is 2. The number of likely N-dealkylation sites (N-methyl/N-ethyl adjacent to an activating group) is 1. The maximum atomic E-state index is 12.7. The van der Waals surface area contributed by atoms with Crippen LogP contribution in [0.4, 0.5) is 0 Å². The Morgan fingerprint density at radius 3 is 2.52 bits per heavy atom. The maximum Gasteiger partial charge on any atom is 0.234 e. The molecule has 1 atom stereocenters. The predicted octanol–water partition coefficient (Wildman–Crippen LogP) is -0.344. The number of piperidine rings is 1. The molecule has 2 amide bonds. The van der Waals surface area contributed by atoms with Gasteiger partial charge < -0.3 is 15.5 Å². The zero-order chi connectivity index (χ0) is 15.3. The lowest BCUT2D eigenvalue weighted by Crippen LogP contribution is -2.56. The first-order valence-electron chi connectivity index (χ1n) is 8.04. The van der Waals surface area contributed by atoms with Crippen LogP contribution in [0.3, 0.4) is 0 Å². The molecule has 21 heavy (non-hydrogen) atoms. The van der Waals surface area contributed by atoms with Crippen molar-refractivity contribution in [3.63, 3.8) is 0 Å². The minimum Gasteiger partial charge on any atom is -0.355 e. The number of nitrogens with zero attached hydrogens (tertiary/aromatic N) is 2. The lowest BCUT2D eigenvalue weighted by atomic mass is 9.81. The van der Waals surface area contributed by atoms with E-state index in [2.05, 4.69) is 22.5 Å². The van der Waals surface area contributed by atoms with E-state index < -0.39 is 0 Å². The summed E-state index contributed by atoms with van der Waals surface area (Å²) >= 11 is 0. The molecule has 0 aliphatic carbocycles. The van der Waals surface area contributed by atoms with Crippen LogP contribution in [0.25, 0.3) is 0 Å². The van der Waals surface area contributed by atoms with E-state index in [0.29, 0.717) is 13.1 Å². The summed E-state index contributed by atoms with van der Waals surface area (Å²) < 4.78 is 0. The fourth-order valence-corrected chi connectivity index (χ4v) is 3.19. The second-order valence-electron chi connectivity index (χ2n) is 6.36. The highest BCUT2D eigenvalue weighted by molar-refractivity contribution is 5.83. The number of hydrogen-bond donors (Lipinski definition) is 2. The summed E-state index contributed by atoms with van der Waals surface area (Å²) in [6.07, 6.45) is 2.04. The Morgan fingerprint density at radius 2 is 1.95 bits per heavy atom. The van der Waals surface area contributed by atoms with Gasteiger partial charge in [-0.25, -0.2) is 0 Å². The summed E-state index contributed by atoms with van der Waals surface area (Å²) in [5.74, 6) is 0.341. The minimum absolute atomic E-state index is 0.0701. The molecule has 6 heteroatoms. The third-order valence-electron chi connectivity index (χ3n) is 4.51. The van der Waals surface area contributed by atoms with Gasteiger partial charge in [-0.05, 0) is 33.2 Å². The minimum atomic E-state index is -0.250. The molecule has 1 unspecified atom stereocenters. The molecule has 0 aromatic heterocycles. The molecule has 0 radical (unpaired) electrons. The van der Waals surface area contributed by atoms with Crippen LogP contribution >= 0.6 is 0 Å². The monoisotopic (exact) mass is 296 g/mol. The van der Waals surface area contributed by atoms with E-state index in [-0.39, 0.29) is 17.2 Å². The van der Waals surface area contributed by atoms with Gasteiger partial charge in [-0.1, -0.05) is 0 Å². The fourth-order valence-electron chi connectivity index (χ4n) is 3.19. The van der Waals surface area contributed by atoms with Crippen LogP contribution in [0.1, 0.15) is 26.7 Å². The molecule has 2 aliphatic heterocycles. The molecule has 2 N–H and O–H groups in total. The lowest BCUT2D eigenvalue weighted by Gasteiger charge is -2.41. The maximum absolute atomic E-state index is 12.7. The molecular formula is C15H28N4O2. The number of amides is 2. The van der Waals surface area contributed by atoms with E-state index in [1.807, 2.05) is 11.8 Å². The Bertz CT molecular complexity index is 372. The molecule has 0 bridgehead atoms. The van der Waals surface area contributed by atoms with Crippen LogP contribution in [-0.4, -0.2) is 74.0 Å². The van der Waals surface area contributed by atoms with Gasteiger partial charge in [-0.3, -0.25) is 14.5 Å². The average Bonchev–Trinajstić information content (AvgIpc) is 2.48. The summed E-state index contributed by atoms with van der Waals surface area (Å²) in [5, 5.41) is 6.15. The number of carbonyl (C=O) groups is 2. The zero-order valence-corrected chi connectivity index (χ0v) is 13.3. The summed E-state index contributed by atoms with van der Waals surface area (Å²) in [5.41, 5.74) is -0.250. The lowest BCUT2D eigenvalue weighted by molar-refractivity contribution is -0.144. The van der Waals surface area contributed by atoms with E-state index in [4.69, 9.17) is 0 Å². The molecule has 0 saturated carbocycles. The van der Waals surface area contributed by atoms with Crippen molar-refractivity contribution < 1.29 is 9.59 Å². The molecule has 2 saturated heterocycles. The van der Waals surface area contributed by atoms with E-state index in [1.54, 1.807) is 0 Å². The number of hydrogen-bond acceptors (Lipinski definition) is 4. The highest BCUT2D eigenvalue weighted by Gasteiger charge is 2.38. The predicted molar refractivity (Wildman–Crippen MR) is 81.9 cm³/mol. The Kier molecular flexibility index (Phi) is 5.58. The van der Waals surface area contributed by atoms with Gasteiger partial charge >= 0.3 is 0 Å². The van der Waals surface area contributed by atoms with Crippen LogP contribution in [0.2, 0.25) is 0 Å². The molecular weight excluding hydrogens is 268 g/mol. The Hall–Kier alpha value is -1.14. The van der Waals surface area contributed by atoms with Crippen LogP contribution in [0, 0.1) is 5.41 Å². The highest BCUT2D eigenvalue weighted by Crippen LogP contribution is 2.28. The van der Waals surface area contributed by atoms with Crippen LogP contribution in [0.15, 0.2) is 0 Å². The van der Waals surface area contributed by atoms with Gasteiger partial charge in [-0.2, -0.15) is 0 Å². The molecule has 2 fully saturated rings. The second-order valence-corrected chi connectivity index (χ2v) is 6.36. The average molecular weight is 296 g/mol. The van der Waals surface area contributed by atoms with Crippen LogP contribution in [0.5, 0.6) is 0 Å². The smallest absolute Gasteiger partial charge is 0.234 e. The third kappa shape index (κ3) is 4.17. The van der Waals surface area contributed by atoms with Crippen molar-refractivity contribution in [2.45, 2.75) is 26.7 Å². The largest absolute Gasteiger partial charge is 0.355 e. The van der Waals surface area contributed by atoms with Crippen molar-refractivity contribution in [3.05, 3.63) is 0 Å². The molecule has 0 aromatic carbocycles. The first kappa shape index (κ1) is 16.2. The first-order valence-corrected chi connectivity index (χ1v) is 8.04. The SMILES string of the molecule is CCNC(=O)CN1CCN(C(=O)C2(C)CCCNC2)CC1. The molecule has 2 heterocycles. The van der Waals surface area contributed by atoms with Gasteiger partial charge in [-0.15, -0.1) is 0 Å². The van der Waals surface area contributed by atoms with Crippen LogP contribution in [-0.2, 0) is 9.59 Å². The van der Waals surface area contributed by atoms with Crippen molar-refractivity contribution >= 4 is 11.8 Å². The van der Waals surface area contributed by atoms with Crippen molar-refractivity contribution in [2.24, 2.45) is 5.41 Å². The van der Waals surface area contributed by atoms with Gasteiger partial charge in [0.25, 0.3) is 0 Å². The Balaban J connectivity index is 1.80. The summed E-state index contributed by atoms with van der Waals surface area (Å²) in [6.45, 7) is 9.93. The fraction of sp³-hybridized carbons (Fsp3) is 0.867. The van der Waals surface area contributed by atoms with Gasteiger partial charge in [0.15, 0.2) is 0 Å². The van der Waals surface area contributed by atoms with Crippen molar-refractivity contribution in [1.82, 2.24) is 20.4 Å². The molecule has 6 nitrogen and oxygen atoms in total. The Morgan fingerprint density at radius 1 is 1.24 bits per heavy atom. The van der Waals surface area contributed by atoms with Crippen molar-refractivity contribution in [1.29, 1.82) is 0 Å². The van der Waals surface area contributed by atoms with Gasteiger partial charge in [0.1, 0.15) is 0 Å². The second kappa shape index (κ2) is 7.22. The zero-order valence-electron chi connectivity index (χ0n) is 13.3. The highest BCUT2D eigenvalue weighted by atomic mass is 16.2. The normalized spacial score (nSPS) is 27.4. The van der Waals surface area contributed by atoms with Gasteiger partial charge in [0, 0.05) is 39.3 Å². The number of piperazine rings is 1. The van der Waals surface area contributed by atoms with Gasteiger partial charge in [0.2, 0.25) is 11.8 Å². The third-order valence-corrected chi connectivity index (χ3v) is 4.51. The van der Waals surface area contributed by atoms with Gasteiger partial charge in [0.05, 0.1) is 12.0 Å². The molecule has 0 spiro atoms. The molecule has 2 aliphatic rings. The topological polar surface area (TPSA) is 64.7 Å². The summed E-state index contributed by atoms with van der Waals surface area (Å²) in [7, 11) is 0. The molecule has 0 aromatic rings. The summed E-state index contributed by atoms with van der Waals surface area (Å²) in [6, 6.07) is 0. The number of nitrogens with one attached hydrogen (secondary N) is 2. The standard InChI is InChI=1S/C15H28N4O2/c1-3-17-13(20)11-18-7-9-19(10-8-18)14(21)15(2)5-4-6-16-12-15/h16H,3-12H2,1-2H3,(H,17,20). The Labute approximate surface area is 127 Å². The van der Waals surface area contributed by atoms with Crippen molar-refractivity contribution in [3.8, 4) is 0 Å². The number of rotatable bonds is 4. The quantitative estimate of drug-likeness (QED) is 0.745. The van der Waals surface area contributed by atoms with E-state index >= 15 is 0 Å². The first-order chi connectivity index (χ1) is 10.0. The molecule has 2 rings (SSSR count).